The van der Waals surface area contributed by atoms with Crippen molar-refractivity contribution in [3.8, 4) is 0 Å². The summed E-state index contributed by atoms with van der Waals surface area (Å²) in [5.74, 6) is -0.367. The lowest BCUT2D eigenvalue weighted by atomic mass is 9.87. The number of anilines is 1. The number of thiocarbonyl (C=S) groups is 1. The summed E-state index contributed by atoms with van der Waals surface area (Å²) in [6.07, 6.45) is 5.15. The Morgan fingerprint density at radius 3 is 2.82 bits per heavy atom. The lowest BCUT2D eigenvalue weighted by Crippen LogP contribution is -2.32. The summed E-state index contributed by atoms with van der Waals surface area (Å²) in [4.78, 5) is 12.0. The summed E-state index contributed by atoms with van der Waals surface area (Å²) < 4.78 is 0. The molecule has 1 amide bonds. The molecule has 0 saturated heterocycles. The number of aryl methyl sites for hydroxylation is 1. The van der Waals surface area contributed by atoms with E-state index in [1.165, 1.54) is 0 Å². The van der Waals surface area contributed by atoms with Gasteiger partial charge in [0, 0.05) is 17.8 Å². The first-order valence-corrected chi connectivity index (χ1v) is 7.87. The van der Waals surface area contributed by atoms with Gasteiger partial charge in [-0.2, -0.15) is 5.10 Å². The van der Waals surface area contributed by atoms with Crippen LogP contribution >= 0.6 is 12.2 Å². The Hall–Kier alpha value is -1.79. The number of nitrogens with one attached hydrogen (secondary N) is 2. The van der Waals surface area contributed by atoms with E-state index in [1.807, 2.05) is 31.2 Å². The average Bonchev–Trinajstić information content (AvgIpc) is 2.51. The molecule has 0 radical (unpaired) electrons. The molecule has 0 bridgehead atoms. The number of aliphatic hydroxyl groups excluding tert-OH is 1. The maximum atomic E-state index is 12.0. The van der Waals surface area contributed by atoms with Gasteiger partial charge in [-0.15, -0.1) is 0 Å². The number of rotatable bonds is 3. The van der Waals surface area contributed by atoms with Gasteiger partial charge in [-0.1, -0.05) is 43.3 Å². The van der Waals surface area contributed by atoms with Gasteiger partial charge in [-0.05, 0) is 31.4 Å². The molecule has 1 fully saturated rings. The molecule has 0 aromatic heterocycles. The summed E-state index contributed by atoms with van der Waals surface area (Å²) in [7, 11) is 0. The van der Waals surface area contributed by atoms with Crippen molar-refractivity contribution < 1.29 is 9.90 Å². The number of hydrogen-bond donors (Lipinski definition) is 3. The molecular weight excluding hydrogens is 298 g/mol. The van der Waals surface area contributed by atoms with Gasteiger partial charge in [-0.25, -0.2) is 0 Å². The molecule has 6 heteroatoms. The van der Waals surface area contributed by atoms with Crippen LogP contribution in [0.5, 0.6) is 0 Å². The van der Waals surface area contributed by atoms with Crippen molar-refractivity contribution in [1.82, 2.24) is 5.43 Å². The third kappa shape index (κ3) is 4.61. The SMILES string of the molecule is Cc1ccccc1NC(=O)C(=S)NN=CC1CCCCC1O. The van der Waals surface area contributed by atoms with Crippen LogP contribution in [-0.2, 0) is 4.79 Å². The van der Waals surface area contributed by atoms with E-state index < -0.39 is 5.91 Å². The van der Waals surface area contributed by atoms with Crippen LogP contribution in [-0.4, -0.2) is 28.3 Å². The minimum Gasteiger partial charge on any atom is -0.392 e. The standard InChI is InChI=1S/C16H21N3O2S/c1-11-6-2-4-8-13(11)18-15(21)16(22)19-17-10-12-7-3-5-9-14(12)20/h2,4,6,8,10,12,14,20H,3,5,7,9H2,1H3,(H,18,21)(H,19,22). The highest BCUT2D eigenvalue weighted by Crippen LogP contribution is 2.22. The van der Waals surface area contributed by atoms with E-state index in [4.69, 9.17) is 12.2 Å². The monoisotopic (exact) mass is 319 g/mol. The minimum atomic E-state index is -0.398. The van der Waals surface area contributed by atoms with Gasteiger partial charge in [0.2, 0.25) is 0 Å². The van der Waals surface area contributed by atoms with Crippen LogP contribution in [0.4, 0.5) is 5.69 Å². The number of benzene rings is 1. The molecule has 0 aliphatic heterocycles. The van der Waals surface area contributed by atoms with Crippen molar-refractivity contribution in [3.63, 3.8) is 0 Å². The normalized spacial score (nSPS) is 21.5. The van der Waals surface area contributed by atoms with Crippen molar-refractivity contribution in [1.29, 1.82) is 0 Å². The van der Waals surface area contributed by atoms with E-state index in [1.54, 1.807) is 6.21 Å². The van der Waals surface area contributed by atoms with Crippen molar-refractivity contribution in [2.45, 2.75) is 38.7 Å². The lowest BCUT2D eigenvalue weighted by Gasteiger charge is -2.23. The third-order valence-electron chi connectivity index (χ3n) is 3.81. The number of nitrogens with zero attached hydrogens (tertiary/aromatic N) is 1. The highest BCUT2D eigenvalue weighted by molar-refractivity contribution is 7.82. The first-order chi connectivity index (χ1) is 10.6. The van der Waals surface area contributed by atoms with E-state index in [0.29, 0.717) is 0 Å². The van der Waals surface area contributed by atoms with Gasteiger partial charge in [-0.3, -0.25) is 10.2 Å². The van der Waals surface area contributed by atoms with Gasteiger partial charge in [0.15, 0.2) is 4.99 Å². The maximum Gasteiger partial charge on any atom is 0.284 e. The molecule has 0 heterocycles. The Bertz CT molecular complexity index is 574. The quantitative estimate of drug-likeness (QED) is 0.454. The fraction of sp³-hybridized carbons (Fsp3) is 0.438. The second kappa shape index (κ2) is 8.00. The molecule has 3 N–H and O–H groups in total. The lowest BCUT2D eigenvalue weighted by molar-refractivity contribution is -0.110. The van der Waals surface area contributed by atoms with Crippen LogP contribution in [0, 0.1) is 12.8 Å². The number of carbonyl (C=O) groups excluding carboxylic acids is 1. The Labute approximate surface area is 135 Å². The van der Waals surface area contributed by atoms with Gasteiger partial charge >= 0.3 is 0 Å². The number of para-hydroxylation sites is 1. The maximum absolute atomic E-state index is 12.0. The first kappa shape index (κ1) is 16.6. The number of carbonyl (C=O) groups is 1. The Morgan fingerprint density at radius 1 is 1.36 bits per heavy atom. The van der Waals surface area contributed by atoms with Crippen molar-refractivity contribution >= 4 is 35.0 Å². The first-order valence-electron chi connectivity index (χ1n) is 7.46. The van der Waals surface area contributed by atoms with Crippen molar-refractivity contribution in [2.24, 2.45) is 11.0 Å². The Morgan fingerprint density at radius 2 is 2.09 bits per heavy atom. The second-order valence-corrected chi connectivity index (χ2v) is 5.91. The fourth-order valence-electron chi connectivity index (χ4n) is 2.45. The molecular formula is C16H21N3O2S. The molecule has 1 aromatic rings. The highest BCUT2D eigenvalue weighted by atomic mass is 32.1. The molecule has 22 heavy (non-hydrogen) atoms. The summed E-state index contributed by atoms with van der Waals surface area (Å²) in [5, 5.41) is 16.6. The smallest absolute Gasteiger partial charge is 0.284 e. The Balaban J connectivity index is 1.84. The van der Waals surface area contributed by atoms with E-state index in [-0.39, 0.29) is 17.0 Å². The molecule has 118 valence electrons. The van der Waals surface area contributed by atoms with E-state index >= 15 is 0 Å². The van der Waals surface area contributed by atoms with Gasteiger partial charge < -0.3 is 10.4 Å². The van der Waals surface area contributed by atoms with Crippen LogP contribution in [0.2, 0.25) is 0 Å². The number of aliphatic hydroxyl groups is 1. The highest BCUT2D eigenvalue weighted by Gasteiger charge is 2.21. The summed E-state index contributed by atoms with van der Waals surface area (Å²) >= 11 is 5.02. The van der Waals surface area contributed by atoms with Crippen LogP contribution in [0.25, 0.3) is 0 Å². The molecule has 2 rings (SSSR count). The average molecular weight is 319 g/mol. The van der Waals surface area contributed by atoms with E-state index in [9.17, 15) is 9.90 Å². The summed E-state index contributed by atoms with van der Waals surface area (Å²) in [6, 6.07) is 7.48. The second-order valence-electron chi connectivity index (χ2n) is 5.50. The molecule has 1 aliphatic rings. The van der Waals surface area contributed by atoms with Gasteiger partial charge in [0.25, 0.3) is 5.91 Å². The number of amides is 1. The fourth-order valence-corrected chi connectivity index (χ4v) is 2.55. The number of hydrogen-bond acceptors (Lipinski definition) is 4. The Kier molecular flexibility index (Phi) is 6.03. The van der Waals surface area contributed by atoms with Gasteiger partial charge in [0.1, 0.15) is 0 Å². The molecule has 1 aliphatic carbocycles. The van der Waals surface area contributed by atoms with Crippen LogP contribution in [0.15, 0.2) is 29.4 Å². The molecule has 0 spiro atoms. The molecule has 1 saturated carbocycles. The molecule has 2 atom stereocenters. The molecule has 1 aromatic carbocycles. The van der Waals surface area contributed by atoms with Gasteiger partial charge in [0.05, 0.1) is 6.10 Å². The zero-order valence-electron chi connectivity index (χ0n) is 12.6. The van der Waals surface area contributed by atoms with Crippen LogP contribution < -0.4 is 10.7 Å². The van der Waals surface area contributed by atoms with Crippen LogP contribution in [0.1, 0.15) is 31.2 Å². The van der Waals surface area contributed by atoms with Crippen molar-refractivity contribution in [2.75, 3.05) is 5.32 Å². The minimum absolute atomic E-state index is 0.00445. The number of hydrazone groups is 1. The predicted octanol–water partition coefficient (Wildman–Crippen LogP) is 2.39. The summed E-state index contributed by atoms with van der Waals surface area (Å²) in [5.41, 5.74) is 4.26. The summed E-state index contributed by atoms with van der Waals surface area (Å²) in [6.45, 7) is 1.91. The largest absolute Gasteiger partial charge is 0.392 e. The van der Waals surface area contributed by atoms with Crippen LogP contribution in [0.3, 0.4) is 0 Å². The predicted molar refractivity (Wildman–Crippen MR) is 92.0 cm³/mol. The zero-order chi connectivity index (χ0) is 15.9. The third-order valence-corrected chi connectivity index (χ3v) is 4.09. The molecule has 2 unspecified atom stereocenters. The topological polar surface area (TPSA) is 73.7 Å². The van der Waals surface area contributed by atoms with E-state index in [0.717, 1.165) is 36.9 Å². The molecule has 5 nitrogen and oxygen atoms in total. The van der Waals surface area contributed by atoms with E-state index in [2.05, 4.69) is 15.8 Å². The van der Waals surface area contributed by atoms with Crippen molar-refractivity contribution in [3.05, 3.63) is 29.8 Å². The zero-order valence-corrected chi connectivity index (χ0v) is 13.4.